The highest BCUT2D eigenvalue weighted by atomic mass is 16.5. The largest absolute Gasteiger partial charge is 0.394 e. The number of aliphatic hydroxyl groups excluding tert-OH is 1. The van der Waals surface area contributed by atoms with E-state index in [1.807, 2.05) is 0 Å². The maximum atomic E-state index is 9.61. The summed E-state index contributed by atoms with van der Waals surface area (Å²) in [5.41, 5.74) is 3.44. The fourth-order valence-corrected chi connectivity index (χ4v) is 3.14. The first kappa shape index (κ1) is 14.3. The van der Waals surface area contributed by atoms with Gasteiger partial charge in [0.25, 0.3) is 0 Å². The van der Waals surface area contributed by atoms with Crippen molar-refractivity contribution in [2.45, 2.75) is 32.4 Å². The molecule has 4 nitrogen and oxygen atoms in total. The third-order valence-electron chi connectivity index (χ3n) is 4.37. The van der Waals surface area contributed by atoms with E-state index in [9.17, 15) is 5.11 Å². The molecule has 1 aromatic heterocycles. The lowest BCUT2D eigenvalue weighted by atomic mass is 10.1. The summed E-state index contributed by atoms with van der Waals surface area (Å²) in [6.07, 6.45) is 1.01. The molecule has 1 saturated heterocycles. The molecule has 3 rings (SSSR count). The van der Waals surface area contributed by atoms with E-state index in [2.05, 4.69) is 43.0 Å². The molecule has 21 heavy (non-hydrogen) atoms. The summed E-state index contributed by atoms with van der Waals surface area (Å²) in [6, 6.07) is 8.55. The Hall–Kier alpha value is -1.65. The second-order valence-electron chi connectivity index (χ2n) is 5.90. The highest BCUT2D eigenvalue weighted by Gasteiger charge is 2.32. The fraction of sp³-hybridized carbons (Fsp3) is 0.471. The zero-order valence-electron chi connectivity index (χ0n) is 12.8. The summed E-state index contributed by atoms with van der Waals surface area (Å²) in [4.78, 5) is 6.97. The summed E-state index contributed by atoms with van der Waals surface area (Å²) in [7, 11) is 1.73. The van der Waals surface area contributed by atoms with Crippen LogP contribution in [0.2, 0.25) is 0 Å². The Bertz CT molecular complexity index is 657. The standard InChI is InChI=1S/C17H22N2O2/c1-11-4-5-15-12(2)7-17(18-16(15)6-11)19-9-14(21-3)8-13(19)10-20/h4-7,13-14,20H,8-10H2,1-3H3/t13-,14-/m0/s1. The van der Waals surface area contributed by atoms with Gasteiger partial charge < -0.3 is 14.7 Å². The third-order valence-corrected chi connectivity index (χ3v) is 4.37. The van der Waals surface area contributed by atoms with Crippen LogP contribution in [0.3, 0.4) is 0 Å². The van der Waals surface area contributed by atoms with E-state index < -0.39 is 0 Å². The topological polar surface area (TPSA) is 45.6 Å². The Labute approximate surface area is 125 Å². The monoisotopic (exact) mass is 286 g/mol. The Kier molecular flexibility index (Phi) is 3.83. The molecule has 2 heterocycles. The van der Waals surface area contributed by atoms with Crippen molar-refractivity contribution in [3.05, 3.63) is 35.4 Å². The van der Waals surface area contributed by atoms with Gasteiger partial charge in [-0.05, 0) is 43.5 Å². The summed E-state index contributed by atoms with van der Waals surface area (Å²) >= 11 is 0. The van der Waals surface area contributed by atoms with Gasteiger partial charge in [0, 0.05) is 19.0 Å². The van der Waals surface area contributed by atoms with E-state index >= 15 is 0 Å². The van der Waals surface area contributed by atoms with Crippen LogP contribution in [0.1, 0.15) is 17.5 Å². The number of aliphatic hydroxyl groups is 1. The number of rotatable bonds is 3. The first-order chi connectivity index (χ1) is 10.1. The first-order valence-electron chi connectivity index (χ1n) is 7.40. The van der Waals surface area contributed by atoms with Crippen LogP contribution in [0.5, 0.6) is 0 Å². The van der Waals surface area contributed by atoms with E-state index in [0.29, 0.717) is 0 Å². The van der Waals surface area contributed by atoms with Gasteiger partial charge in [-0.2, -0.15) is 0 Å². The zero-order valence-corrected chi connectivity index (χ0v) is 12.8. The average Bonchev–Trinajstić information content (AvgIpc) is 2.90. The zero-order chi connectivity index (χ0) is 15.0. The molecular weight excluding hydrogens is 264 g/mol. The van der Waals surface area contributed by atoms with E-state index in [1.54, 1.807) is 7.11 Å². The summed E-state index contributed by atoms with van der Waals surface area (Å²) in [5, 5.41) is 10.8. The SMILES string of the molecule is CO[C@H]1C[C@@H](CO)N(c2cc(C)c3ccc(C)cc3n2)C1. The van der Waals surface area contributed by atoms with Gasteiger partial charge in [0.05, 0.1) is 24.3 Å². The number of anilines is 1. The van der Waals surface area contributed by atoms with Crippen LogP contribution in [-0.4, -0.2) is 42.5 Å². The lowest BCUT2D eigenvalue weighted by Crippen LogP contribution is -2.33. The average molecular weight is 286 g/mol. The number of nitrogens with zero attached hydrogens (tertiary/aromatic N) is 2. The predicted octanol–water partition coefficient (Wildman–Crippen LogP) is 2.44. The summed E-state index contributed by atoms with van der Waals surface area (Å²) < 4.78 is 5.45. The number of aryl methyl sites for hydroxylation is 2. The molecule has 112 valence electrons. The van der Waals surface area contributed by atoms with Gasteiger partial charge >= 0.3 is 0 Å². The van der Waals surface area contributed by atoms with Crippen LogP contribution in [0.25, 0.3) is 10.9 Å². The van der Waals surface area contributed by atoms with Crippen molar-refractivity contribution >= 4 is 16.7 Å². The second-order valence-corrected chi connectivity index (χ2v) is 5.90. The third kappa shape index (κ3) is 2.61. The lowest BCUT2D eigenvalue weighted by Gasteiger charge is -2.24. The molecule has 0 amide bonds. The van der Waals surface area contributed by atoms with Crippen molar-refractivity contribution in [1.29, 1.82) is 0 Å². The molecular formula is C17H22N2O2. The highest BCUT2D eigenvalue weighted by Crippen LogP contribution is 2.29. The van der Waals surface area contributed by atoms with Gasteiger partial charge in [0.1, 0.15) is 5.82 Å². The molecule has 1 aliphatic heterocycles. The fourth-order valence-electron chi connectivity index (χ4n) is 3.14. The Morgan fingerprint density at radius 3 is 2.86 bits per heavy atom. The van der Waals surface area contributed by atoms with Gasteiger partial charge in [-0.1, -0.05) is 12.1 Å². The number of benzene rings is 1. The molecule has 0 bridgehead atoms. The molecule has 1 aromatic carbocycles. The van der Waals surface area contributed by atoms with Crippen LogP contribution in [-0.2, 0) is 4.74 Å². The van der Waals surface area contributed by atoms with Crippen LogP contribution in [0.4, 0.5) is 5.82 Å². The van der Waals surface area contributed by atoms with E-state index in [0.717, 1.165) is 24.3 Å². The van der Waals surface area contributed by atoms with Gasteiger partial charge in [-0.3, -0.25) is 0 Å². The van der Waals surface area contributed by atoms with Crippen molar-refractivity contribution in [3.8, 4) is 0 Å². The quantitative estimate of drug-likeness (QED) is 0.941. The Balaban J connectivity index is 2.03. The Morgan fingerprint density at radius 2 is 2.14 bits per heavy atom. The molecule has 0 radical (unpaired) electrons. The van der Waals surface area contributed by atoms with Gasteiger partial charge in [-0.25, -0.2) is 4.98 Å². The number of pyridine rings is 1. The van der Waals surface area contributed by atoms with Crippen molar-refractivity contribution in [3.63, 3.8) is 0 Å². The smallest absolute Gasteiger partial charge is 0.129 e. The van der Waals surface area contributed by atoms with Crippen LogP contribution < -0.4 is 4.90 Å². The molecule has 4 heteroatoms. The number of aromatic nitrogens is 1. The van der Waals surface area contributed by atoms with Crippen molar-refractivity contribution in [1.82, 2.24) is 4.98 Å². The molecule has 1 aliphatic rings. The number of fused-ring (bicyclic) bond motifs is 1. The minimum Gasteiger partial charge on any atom is -0.394 e. The van der Waals surface area contributed by atoms with Gasteiger partial charge in [-0.15, -0.1) is 0 Å². The summed E-state index contributed by atoms with van der Waals surface area (Å²) in [6.45, 7) is 5.11. The molecule has 2 aromatic rings. The molecule has 0 aliphatic carbocycles. The number of hydrogen-bond acceptors (Lipinski definition) is 4. The molecule has 0 spiro atoms. The molecule has 1 N–H and O–H groups in total. The normalized spacial score (nSPS) is 22.2. The summed E-state index contributed by atoms with van der Waals surface area (Å²) in [5.74, 6) is 0.934. The highest BCUT2D eigenvalue weighted by molar-refractivity contribution is 5.84. The predicted molar refractivity (Wildman–Crippen MR) is 84.9 cm³/mol. The number of methoxy groups -OCH3 is 1. The minimum atomic E-state index is 0.0871. The maximum Gasteiger partial charge on any atom is 0.129 e. The minimum absolute atomic E-state index is 0.0871. The van der Waals surface area contributed by atoms with Crippen LogP contribution in [0.15, 0.2) is 24.3 Å². The van der Waals surface area contributed by atoms with Gasteiger partial charge in [0.2, 0.25) is 0 Å². The van der Waals surface area contributed by atoms with Crippen LogP contribution in [0, 0.1) is 13.8 Å². The maximum absolute atomic E-state index is 9.61. The van der Waals surface area contributed by atoms with Crippen LogP contribution >= 0.6 is 0 Å². The number of hydrogen-bond donors (Lipinski definition) is 1. The van der Waals surface area contributed by atoms with Crippen molar-refractivity contribution < 1.29 is 9.84 Å². The second kappa shape index (κ2) is 5.62. The van der Waals surface area contributed by atoms with E-state index in [4.69, 9.17) is 9.72 Å². The lowest BCUT2D eigenvalue weighted by molar-refractivity contribution is 0.115. The van der Waals surface area contributed by atoms with Gasteiger partial charge in [0.15, 0.2) is 0 Å². The van der Waals surface area contributed by atoms with E-state index in [-0.39, 0.29) is 18.8 Å². The molecule has 1 fully saturated rings. The molecule has 0 saturated carbocycles. The molecule has 2 atom stereocenters. The number of ether oxygens (including phenoxy) is 1. The Morgan fingerprint density at radius 1 is 1.33 bits per heavy atom. The first-order valence-corrected chi connectivity index (χ1v) is 7.40. The molecule has 0 unspecified atom stereocenters. The van der Waals surface area contributed by atoms with Crippen molar-refractivity contribution in [2.75, 3.05) is 25.2 Å². The van der Waals surface area contributed by atoms with Crippen molar-refractivity contribution in [2.24, 2.45) is 0 Å². The van der Waals surface area contributed by atoms with E-state index in [1.165, 1.54) is 16.5 Å².